The van der Waals surface area contributed by atoms with Crippen LogP contribution >= 0.6 is 11.3 Å². The average Bonchev–Trinajstić information content (AvgIpc) is 3.48. The van der Waals surface area contributed by atoms with Crippen LogP contribution in [0.2, 0.25) is 0 Å². The highest BCUT2D eigenvalue weighted by molar-refractivity contribution is 7.15. The molecule has 1 unspecified atom stereocenters. The summed E-state index contributed by atoms with van der Waals surface area (Å²) in [5.74, 6) is -0.290. The molecule has 0 saturated carbocycles. The number of hydrogen-bond donors (Lipinski definition) is 2. The van der Waals surface area contributed by atoms with E-state index in [1.165, 1.54) is 10.4 Å². The summed E-state index contributed by atoms with van der Waals surface area (Å²) < 4.78 is 0. The van der Waals surface area contributed by atoms with Gasteiger partial charge in [0.15, 0.2) is 5.13 Å². The zero-order chi connectivity index (χ0) is 25.4. The van der Waals surface area contributed by atoms with E-state index in [2.05, 4.69) is 32.7 Å². The van der Waals surface area contributed by atoms with Crippen LogP contribution in [0.4, 0.5) is 10.8 Å². The van der Waals surface area contributed by atoms with E-state index in [1.807, 2.05) is 42.6 Å². The molecule has 2 N–H and O–H groups in total. The number of fused-ring (bicyclic) bond motifs is 1. The Morgan fingerprint density at radius 2 is 1.84 bits per heavy atom. The number of piperidine rings is 2. The summed E-state index contributed by atoms with van der Waals surface area (Å²) in [6.07, 6.45) is 4.76. The molecule has 9 heteroatoms. The number of hydrogen-bond acceptors (Lipinski definition) is 7. The van der Waals surface area contributed by atoms with Crippen LogP contribution in [0.15, 0.2) is 54.7 Å². The summed E-state index contributed by atoms with van der Waals surface area (Å²) in [6, 6.07) is 15.7. The van der Waals surface area contributed by atoms with Crippen molar-refractivity contribution in [2.45, 2.75) is 50.7 Å². The number of anilines is 2. The molecule has 1 atom stereocenters. The van der Waals surface area contributed by atoms with Gasteiger partial charge in [0.25, 0.3) is 5.91 Å². The summed E-state index contributed by atoms with van der Waals surface area (Å²) in [5.41, 5.74) is 3.97. The van der Waals surface area contributed by atoms with E-state index in [1.54, 1.807) is 16.2 Å². The van der Waals surface area contributed by atoms with E-state index in [0.717, 1.165) is 48.9 Å². The largest absolute Gasteiger partial charge is 0.332 e. The van der Waals surface area contributed by atoms with Gasteiger partial charge < -0.3 is 10.2 Å². The van der Waals surface area contributed by atoms with Crippen molar-refractivity contribution in [2.24, 2.45) is 0 Å². The van der Waals surface area contributed by atoms with Gasteiger partial charge in [-0.05, 0) is 67.6 Å². The molecular weight excluding hydrogens is 486 g/mol. The van der Waals surface area contributed by atoms with Crippen molar-refractivity contribution in [1.29, 1.82) is 0 Å². The van der Waals surface area contributed by atoms with Gasteiger partial charge in [0.1, 0.15) is 6.04 Å². The van der Waals surface area contributed by atoms with Crippen molar-refractivity contribution < 1.29 is 14.4 Å². The second-order valence-corrected chi connectivity index (χ2v) is 11.1. The maximum Gasteiger partial charge on any atom is 0.255 e. The summed E-state index contributed by atoms with van der Waals surface area (Å²) in [5, 5.41) is 6.65. The van der Waals surface area contributed by atoms with Gasteiger partial charge in [-0.1, -0.05) is 30.3 Å². The Balaban J connectivity index is 1.04. The summed E-state index contributed by atoms with van der Waals surface area (Å²) in [7, 11) is 0. The molecule has 1 aromatic heterocycles. The fourth-order valence-electron chi connectivity index (χ4n) is 5.58. The number of nitrogens with one attached hydrogen (secondary N) is 2. The molecular formula is C28H29N5O3S. The molecule has 3 aromatic rings. The highest BCUT2D eigenvalue weighted by atomic mass is 32.1. The van der Waals surface area contributed by atoms with Gasteiger partial charge >= 0.3 is 0 Å². The Morgan fingerprint density at radius 1 is 1.03 bits per heavy atom. The third-order valence-electron chi connectivity index (χ3n) is 7.56. The third-order valence-corrected chi connectivity index (χ3v) is 8.46. The van der Waals surface area contributed by atoms with Gasteiger partial charge in [-0.3, -0.25) is 24.6 Å². The predicted molar refractivity (Wildman–Crippen MR) is 142 cm³/mol. The van der Waals surface area contributed by atoms with Crippen LogP contribution in [0.3, 0.4) is 0 Å². The van der Waals surface area contributed by atoms with Gasteiger partial charge in [0, 0.05) is 41.8 Å². The highest BCUT2D eigenvalue weighted by Crippen LogP contribution is 2.34. The van der Waals surface area contributed by atoms with Crippen molar-refractivity contribution in [3.63, 3.8) is 0 Å². The summed E-state index contributed by atoms with van der Waals surface area (Å²) in [6.45, 7) is 3.36. The molecule has 2 saturated heterocycles. The molecule has 2 aromatic carbocycles. The molecule has 0 bridgehead atoms. The maximum atomic E-state index is 13.0. The molecule has 0 spiro atoms. The number of carbonyl (C=O) groups excluding carboxylic acids is 3. The van der Waals surface area contributed by atoms with Gasteiger partial charge in [0.2, 0.25) is 11.8 Å². The van der Waals surface area contributed by atoms with Crippen LogP contribution in [-0.2, 0) is 22.7 Å². The SMILES string of the molecule is O=C1CCC(N2Cc3cc(C4CCN(Cc5cnc(Nc6ccccc6)s5)CC4)ccc3C2=O)C(=O)N1. The van der Waals surface area contributed by atoms with E-state index < -0.39 is 6.04 Å². The number of imide groups is 1. The number of likely N-dealkylation sites (tertiary alicyclic amines) is 1. The lowest BCUT2D eigenvalue weighted by Gasteiger charge is -2.32. The molecule has 6 rings (SSSR count). The van der Waals surface area contributed by atoms with Gasteiger partial charge in [-0.25, -0.2) is 4.98 Å². The molecule has 37 heavy (non-hydrogen) atoms. The minimum absolute atomic E-state index is 0.114. The van der Waals surface area contributed by atoms with Gasteiger partial charge in [0.05, 0.1) is 0 Å². The van der Waals surface area contributed by atoms with Crippen molar-refractivity contribution in [2.75, 3.05) is 18.4 Å². The Bertz CT molecular complexity index is 1330. The zero-order valence-electron chi connectivity index (χ0n) is 20.5. The van der Waals surface area contributed by atoms with E-state index in [9.17, 15) is 14.4 Å². The number of aromatic nitrogens is 1. The minimum atomic E-state index is -0.570. The topological polar surface area (TPSA) is 94.6 Å². The monoisotopic (exact) mass is 515 g/mol. The Labute approximate surface area is 219 Å². The number of carbonyl (C=O) groups is 3. The molecule has 190 valence electrons. The lowest BCUT2D eigenvalue weighted by molar-refractivity contribution is -0.136. The van der Waals surface area contributed by atoms with Gasteiger partial charge in [-0.2, -0.15) is 0 Å². The number of benzene rings is 2. The van der Waals surface area contributed by atoms with Crippen molar-refractivity contribution >= 4 is 39.9 Å². The lowest BCUT2D eigenvalue weighted by Crippen LogP contribution is -2.52. The van der Waals surface area contributed by atoms with E-state index in [-0.39, 0.29) is 24.1 Å². The van der Waals surface area contributed by atoms with Crippen LogP contribution in [-0.4, -0.2) is 51.6 Å². The van der Waals surface area contributed by atoms with Crippen LogP contribution < -0.4 is 10.6 Å². The van der Waals surface area contributed by atoms with Crippen molar-refractivity contribution in [1.82, 2.24) is 20.1 Å². The first-order valence-electron chi connectivity index (χ1n) is 12.8. The first-order chi connectivity index (χ1) is 18.0. The third kappa shape index (κ3) is 5.01. The van der Waals surface area contributed by atoms with Crippen molar-refractivity contribution in [3.05, 3.63) is 76.3 Å². The fourth-order valence-corrected chi connectivity index (χ4v) is 6.45. The molecule has 8 nitrogen and oxygen atoms in total. The van der Waals surface area contributed by atoms with Gasteiger partial charge in [-0.15, -0.1) is 11.3 Å². The first kappa shape index (κ1) is 23.8. The Morgan fingerprint density at radius 3 is 2.62 bits per heavy atom. The lowest BCUT2D eigenvalue weighted by atomic mass is 9.88. The summed E-state index contributed by atoms with van der Waals surface area (Å²) in [4.78, 5) is 46.7. The average molecular weight is 516 g/mol. The number of amides is 3. The zero-order valence-corrected chi connectivity index (χ0v) is 21.3. The number of para-hydroxylation sites is 1. The summed E-state index contributed by atoms with van der Waals surface area (Å²) >= 11 is 1.70. The quantitative estimate of drug-likeness (QED) is 0.482. The minimum Gasteiger partial charge on any atom is -0.332 e. The maximum absolute atomic E-state index is 13.0. The second kappa shape index (κ2) is 10.1. The van der Waals surface area contributed by atoms with E-state index in [4.69, 9.17) is 0 Å². The fraction of sp³-hybridized carbons (Fsp3) is 0.357. The normalized spacial score (nSPS) is 20.7. The number of nitrogens with zero attached hydrogens (tertiary/aromatic N) is 3. The first-order valence-corrected chi connectivity index (χ1v) is 13.6. The van der Waals surface area contributed by atoms with Crippen LogP contribution in [0.25, 0.3) is 0 Å². The standard InChI is InChI=1S/C28H29N5O3S/c34-25-9-8-24(26(35)31-25)33-16-20-14-19(6-7-23(20)27(33)36)18-10-12-32(13-11-18)17-22-15-29-28(37-22)30-21-4-2-1-3-5-21/h1-7,14-15,18,24H,8-13,16-17H2,(H,29,30)(H,31,34,35). The van der Waals surface area contributed by atoms with Crippen LogP contribution in [0.5, 0.6) is 0 Å². The molecule has 4 heterocycles. The smallest absolute Gasteiger partial charge is 0.255 e. The molecule has 3 aliphatic rings. The van der Waals surface area contributed by atoms with Crippen molar-refractivity contribution in [3.8, 4) is 0 Å². The Hall–Kier alpha value is -3.56. The predicted octanol–water partition coefficient (Wildman–Crippen LogP) is 4.03. The molecule has 2 fully saturated rings. The number of rotatable bonds is 6. The number of thiazole rings is 1. The van der Waals surface area contributed by atoms with E-state index >= 15 is 0 Å². The van der Waals surface area contributed by atoms with Crippen LogP contribution in [0, 0.1) is 0 Å². The van der Waals surface area contributed by atoms with Crippen LogP contribution in [0.1, 0.15) is 58.0 Å². The molecule has 0 aliphatic carbocycles. The second-order valence-electron chi connectivity index (χ2n) is 9.99. The highest BCUT2D eigenvalue weighted by Gasteiger charge is 2.39. The van der Waals surface area contributed by atoms with E-state index in [0.29, 0.717) is 24.4 Å². The molecule has 0 radical (unpaired) electrons. The Kier molecular flexibility index (Phi) is 6.48. The molecule has 3 amide bonds. The molecule has 3 aliphatic heterocycles.